The van der Waals surface area contributed by atoms with E-state index in [1.807, 2.05) is 7.05 Å². The molecule has 1 spiro atoms. The zero-order chi connectivity index (χ0) is 12.8. The number of nitrogens with one attached hydrogen (secondary N) is 1. The molecule has 1 saturated heterocycles. The molecule has 1 aliphatic heterocycles. The van der Waals surface area contributed by atoms with Crippen molar-refractivity contribution < 1.29 is 4.79 Å². The van der Waals surface area contributed by atoms with Gasteiger partial charge < -0.3 is 10.2 Å². The van der Waals surface area contributed by atoms with Gasteiger partial charge in [-0.05, 0) is 32.9 Å². The van der Waals surface area contributed by atoms with E-state index in [4.69, 9.17) is 0 Å². The molecule has 3 nitrogen and oxygen atoms in total. The predicted molar refractivity (Wildman–Crippen MR) is 78.0 cm³/mol. The molecule has 0 aromatic rings. The molecule has 0 aromatic carbocycles. The van der Waals surface area contributed by atoms with Crippen molar-refractivity contribution in [2.45, 2.75) is 49.7 Å². The summed E-state index contributed by atoms with van der Waals surface area (Å²) < 4.78 is 0.412. The van der Waals surface area contributed by atoms with Crippen LogP contribution in [0.4, 0.5) is 0 Å². The van der Waals surface area contributed by atoms with Gasteiger partial charge in [0.25, 0.3) is 0 Å². The van der Waals surface area contributed by atoms with Gasteiger partial charge in [0.2, 0.25) is 5.91 Å². The first-order valence-electron chi connectivity index (χ1n) is 7.32. The average molecular weight is 270 g/mol. The third kappa shape index (κ3) is 3.64. The fourth-order valence-electron chi connectivity index (χ4n) is 3.13. The van der Waals surface area contributed by atoms with E-state index in [0.717, 1.165) is 31.8 Å². The minimum absolute atomic E-state index is 0.371. The van der Waals surface area contributed by atoms with Gasteiger partial charge in [-0.3, -0.25) is 4.79 Å². The Kier molecular flexibility index (Phi) is 5.37. The maximum absolute atomic E-state index is 12.2. The molecule has 1 aliphatic carbocycles. The number of carbonyl (C=O) groups excluding carboxylic acids is 1. The molecule has 2 fully saturated rings. The number of hydrogen-bond acceptors (Lipinski definition) is 3. The Labute approximate surface area is 115 Å². The van der Waals surface area contributed by atoms with Crippen LogP contribution in [0.25, 0.3) is 0 Å². The van der Waals surface area contributed by atoms with Crippen molar-refractivity contribution in [1.29, 1.82) is 0 Å². The summed E-state index contributed by atoms with van der Waals surface area (Å²) in [4.78, 5) is 14.3. The first kappa shape index (κ1) is 14.2. The quantitative estimate of drug-likeness (QED) is 0.795. The van der Waals surface area contributed by atoms with Gasteiger partial charge in [0.15, 0.2) is 0 Å². The molecule has 1 heterocycles. The van der Waals surface area contributed by atoms with Gasteiger partial charge in [-0.2, -0.15) is 11.8 Å². The predicted octanol–water partition coefficient (Wildman–Crippen LogP) is 2.26. The maximum Gasteiger partial charge on any atom is 0.222 e. The first-order chi connectivity index (χ1) is 8.76. The van der Waals surface area contributed by atoms with Crippen LogP contribution in [-0.2, 0) is 4.79 Å². The lowest BCUT2D eigenvalue weighted by Gasteiger charge is -2.44. The van der Waals surface area contributed by atoms with Gasteiger partial charge in [-0.15, -0.1) is 0 Å². The topological polar surface area (TPSA) is 32.3 Å². The highest BCUT2D eigenvalue weighted by molar-refractivity contribution is 8.00. The highest BCUT2D eigenvalue weighted by Gasteiger charge is 2.38. The lowest BCUT2D eigenvalue weighted by Crippen LogP contribution is -2.49. The summed E-state index contributed by atoms with van der Waals surface area (Å²) in [5, 5.41) is 3.11. The van der Waals surface area contributed by atoms with E-state index in [0.29, 0.717) is 17.1 Å². The summed E-state index contributed by atoms with van der Waals surface area (Å²) in [5.41, 5.74) is 0. The van der Waals surface area contributed by atoms with Crippen molar-refractivity contribution in [2.75, 3.05) is 32.4 Å². The molecule has 2 aliphatic rings. The van der Waals surface area contributed by atoms with E-state index < -0.39 is 0 Å². The summed E-state index contributed by atoms with van der Waals surface area (Å²) in [6.45, 7) is 2.92. The van der Waals surface area contributed by atoms with Crippen LogP contribution in [0.5, 0.6) is 0 Å². The lowest BCUT2D eigenvalue weighted by atomic mass is 9.87. The number of amides is 1. The fraction of sp³-hybridized carbons (Fsp3) is 0.929. The summed E-state index contributed by atoms with van der Waals surface area (Å²) in [5.74, 6) is 1.51. The van der Waals surface area contributed by atoms with E-state index in [-0.39, 0.29) is 0 Å². The van der Waals surface area contributed by atoms with E-state index in [9.17, 15) is 4.79 Å². The third-order valence-corrected chi connectivity index (χ3v) is 5.72. The fourth-order valence-corrected chi connectivity index (χ4v) is 4.70. The standard InChI is InChI=1S/C14H26N2OS/c1-15-9-5-6-13(17)16-10-11-18-14(12-16)7-3-2-4-8-14/h15H,2-12H2,1H3. The molecule has 4 heteroatoms. The number of rotatable bonds is 4. The number of thioether (sulfide) groups is 1. The Morgan fingerprint density at radius 3 is 2.83 bits per heavy atom. The van der Waals surface area contributed by atoms with Crippen molar-refractivity contribution in [1.82, 2.24) is 10.2 Å². The van der Waals surface area contributed by atoms with E-state index in [1.54, 1.807) is 0 Å². The maximum atomic E-state index is 12.2. The van der Waals surface area contributed by atoms with Crippen molar-refractivity contribution in [3.8, 4) is 0 Å². The van der Waals surface area contributed by atoms with Gasteiger partial charge >= 0.3 is 0 Å². The number of nitrogens with zero attached hydrogens (tertiary/aromatic N) is 1. The molecule has 0 bridgehead atoms. The third-order valence-electron chi connectivity index (χ3n) is 4.18. The lowest BCUT2D eigenvalue weighted by molar-refractivity contribution is -0.131. The summed E-state index contributed by atoms with van der Waals surface area (Å²) in [6.07, 6.45) is 8.41. The Morgan fingerprint density at radius 1 is 1.33 bits per heavy atom. The van der Waals surface area contributed by atoms with Crippen molar-refractivity contribution in [3.05, 3.63) is 0 Å². The molecule has 2 rings (SSSR count). The number of hydrogen-bond donors (Lipinski definition) is 1. The molecule has 1 saturated carbocycles. The smallest absolute Gasteiger partial charge is 0.222 e. The van der Waals surface area contributed by atoms with Gasteiger partial charge in [0.1, 0.15) is 0 Å². The molecule has 1 N–H and O–H groups in total. The van der Waals surface area contributed by atoms with E-state index in [1.165, 1.54) is 32.1 Å². The molecular formula is C14H26N2OS. The van der Waals surface area contributed by atoms with Crippen molar-refractivity contribution >= 4 is 17.7 Å². The second-order valence-electron chi connectivity index (χ2n) is 5.61. The van der Waals surface area contributed by atoms with Crippen LogP contribution in [0.2, 0.25) is 0 Å². The zero-order valence-corrected chi connectivity index (χ0v) is 12.4. The summed E-state index contributed by atoms with van der Waals surface area (Å²) >= 11 is 2.13. The van der Waals surface area contributed by atoms with Gasteiger partial charge in [-0.1, -0.05) is 19.3 Å². The zero-order valence-electron chi connectivity index (χ0n) is 11.5. The molecular weight excluding hydrogens is 244 g/mol. The molecule has 0 unspecified atom stereocenters. The second-order valence-corrected chi connectivity index (χ2v) is 7.18. The molecule has 104 valence electrons. The molecule has 1 amide bonds. The summed E-state index contributed by atoms with van der Waals surface area (Å²) in [7, 11) is 1.94. The Balaban J connectivity index is 1.83. The van der Waals surface area contributed by atoms with Crippen LogP contribution in [-0.4, -0.2) is 48.0 Å². The molecule has 0 aromatic heterocycles. The van der Waals surface area contributed by atoms with E-state index in [2.05, 4.69) is 22.0 Å². The first-order valence-corrected chi connectivity index (χ1v) is 8.31. The number of carbonyl (C=O) groups is 1. The Hall–Kier alpha value is -0.220. The minimum Gasteiger partial charge on any atom is -0.340 e. The van der Waals surface area contributed by atoms with E-state index >= 15 is 0 Å². The van der Waals surface area contributed by atoms with Crippen LogP contribution in [0.1, 0.15) is 44.9 Å². The highest BCUT2D eigenvalue weighted by atomic mass is 32.2. The summed E-state index contributed by atoms with van der Waals surface area (Å²) in [6, 6.07) is 0. The van der Waals surface area contributed by atoms with Gasteiger partial charge in [-0.25, -0.2) is 0 Å². The van der Waals surface area contributed by atoms with Crippen LogP contribution in [0.15, 0.2) is 0 Å². The second kappa shape index (κ2) is 6.80. The van der Waals surface area contributed by atoms with Crippen LogP contribution >= 0.6 is 11.8 Å². The van der Waals surface area contributed by atoms with Crippen LogP contribution < -0.4 is 5.32 Å². The van der Waals surface area contributed by atoms with Crippen molar-refractivity contribution in [3.63, 3.8) is 0 Å². The van der Waals surface area contributed by atoms with Gasteiger partial charge in [0, 0.05) is 30.0 Å². The normalized spacial score (nSPS) is 23.3. The molecule has 18 heavy (non-hydrogen) atoms. The SMILES string of the molecule is CNCCCC(=O)N1CCSC2(CCCCC2)C1. The minimum atomic E-state index is 0.371. The van der Waals surface area contributed by atoms with Gasteiger partial charge in [0.05, 0.1) is 0 Å². The highest BCUT2D eigenvalue weighted by Crippen LogP contribution is 2.42. The average Bonchev–Trinajstić information content (AvgIpc) is 2.40. The van der Waals surface area contributed by atoms with Crippen LogP contribution in [0, 0.1) is 0 Å². The van der Waals surface area contributed by atoms with Crippen LogP contribution in [0.3, 0.4) is 0 Å². The monoisotopic (exact) mass is 270 g/mol. The largest absolute Gasteiger partial charge is 0.340 e. The van der Waals surface area contributed by atoms with Crippen molar-refractivity contribution in [2.24, 2.45) is 0 Å². The Bertz CT molecular complexity index is 271. The molecule has 0 atom stereocenters. The Morgan fingerprint density at radius 2 is 2.11 bits per heavy atom. The molecule has 0 radical (unpaired) electrons.